The Morgan fingerprint density at radius 3 is 3.00 bits per heavy atom. The molecule has 0 saturated heterocycles. The first-order valence-corrected chi connectivity index (χ1v) is 5.10. The van der Waals surface area contributed by atoms with E-state index in [4.69, 9.17) is 0 Å². The second kappa shape index (κ2) is 4.42. The van der Waals surface area contributed by atoms with Gasteiger partial charge in [0, 0.05) is 12.6 Å². The number of likely N-dealkylation sites (N-methyl/N-ethyl adjacent to an activating group) is 2. The maximum Gasteiger partial charge on any atom is 0.0931 e. The fourth-order valence-electron chi connectivity index (χ4n) is 1.76. The molecule has 0 spiro atoms. The Hall–Kier alpha value is -1.39. The zero-order chi connectivity index (χ0) is 10.7. The average Bonchev–Trinajstić information content (AvgIpc) is 2.72. The van der Waals surface area contributed by atoms with Gasteiger partial charge >= 0.3 is 0 Å². The van der Waals surface area contributed by atoms with Gasteiger partial charge in [-0.3, -0.25) is 0 Å². The molecule has 0 aliphatic rings. The van der Waals surface area contributed by atoms with E-state index in [-0.39, 0.29) is 0 Å². The van der Waals surface area contributed by atoms with Crippen molar-refractivity contribution in [1.29, 1.82) is 0 Å². The van der Waals surface area contributed by atoms with Crippen LogP contribution in [0, 0.1) is 0 Å². The highest BCUT2D eigenvalue weighted by Crippen LogP contribution is 2.17. The minimum absolute atomic E-state index is 0.336. The molecule has 1 aromatic carbocycles. The molecule has 80 valence electrons. The van der Waals surface area contributed by atoms with E-state index >= 15 is 0 Å². The Kier molecular flexibility index (Phi) is 2.99. The standard InChI is InChI=1S/C11H16N4/c1-12-6-11(13-2)8-3-4-9-10(5-8)15-7-14-9/h3-5,7,11-13H,6H2,1-2H3,(H,14,15). The van der Waals surface area contributed by atoms with Crippen molar-refractivity contribution in [3.8, 4) is 0 Å². The van der Waals surface area contributed by atoms with Gasteiger partial charge in [-0.25, -0.2) is 4.98 Å². The SMILES string of the molecule is CNCC(NC)c1ccc2nc[nH]c2c1. The van der Waals surface area contributed by atoms with Crippen molar-refractivity contribution in [2.24, 2.45) is 0 Å². The summed E-state index contributed by atoms with van der Waals surface area (Å²) in [7, 11) is 3.93. The van der Waals surface area contributed by atoms with Crippen molar-refractivity contribution in [3.05, 3.63) is 30.1 Å². The smallest absolute Gasteiger partial charge is 0.0931 e. The molecule has 0 radical (unpaired) electrons. The lowest BCUT2D eigenvalue weighted by molar-refractivity contribution is 0.559. The molecule has 2 rings (SSSR count). The first-order valence-electron chi connectivity index (χ1n) is 5.10. The van der Waals surface area contributed by atoms with E-state index in [1.807, 2.05) is 20.2 Å². The molecule has 0 aliphatic heterocycles. The first-order chi connectivity index (χ1) is 7.35. The molecular formula is C11H16N4. The third-order valence-corrected chi connectivity index (χ3v) is 2.60. The van der Waals surface area contributed by atoms with Crippen molar-refractivity contribution >= 4 is 11.0 Å². The van der Waals surface area contributed by atoms with Crippen LogP contribution in [0.2, 0.25) is 0 Å². The van der Waals surface area contributed by atoms with Gasteiger partial charge in [-0.15, -0.1) is 0 Å². The number of H-pyrrole nitrogens is 1. The van der Waals surface area contributed by atoms with Gasteiger partial charge in [-0.1, -0.05) is 6.07 Å². The summed E-state index contributed by atoms with van der Waals surface area (Å²) >= 11 is 0. The van der Waals surface area contributed by atoms with E-state index in [9.17, 15) is 0 Å². The highest BCUT2D eigenvalue weighted by Gasteiger charge is 2.08. The van der Waals surface area contributed by atoms with E-state index < -0.39 is 0 Å². The minimum Gasteiger partial charge on any atom is -0.345 e. The van der Waals surface area contributed by atoms with Gasteiger partial charge in [0.05, 0.1) is 17.4 Å². The predicted molar refractivity (Wildman–Crippen MR) is 61.8 cm³/mol. The van der Waals surface area contributed by atoms with Crippen LogP contribution < -0.4 is 10.6 Å². The van der Waals surface area contributed by atoms with Crippen LogP contribution in [0.4, 0.5) is 0 Å². The van der Waals surface area contributed by atoms with Crippen LogP contribution >= 0.6 is 0 Å². The number of nitrogens with one attached hydrogen (secondary N) is 3. The molecule has 4 nitrogen and oxygen atoms in total. The lowest BCUT2D eigenvalue weighted by atomic mass is 10.1. The molecule has 3 N–H and O–H groups in total. The summed E-state index contributed by atoms with van der Waals surface area (Å²) in [4.78, 5) is 7.32. The van der Waals surface area contributed by atoms with Crippen LogP contribution in [-0.2, 0) is 0 Å². The maximum absolute atomic E-state index is 4.20. The molecule has 0 amide bonds. The Morgan fingerprint density at radius 2 is 2.27 bits per heavy atom. The molecular weight excluding hydrogens is 188 g/mol. The fourth-order valence-corrected chi connectivity index (χ4v) is 1.76. The molecule has 4 heteroatoms. The van der Waals surface area contributed by atoms with Crippen molar-refractivity contribution in [1.82, 2.24) is 20.6 Å². The van der Waals surface area contributed by atoms with Crippen LogP contribution in [0.3, 0.4) is 0 Å². The molecule has 2 aromatic rings. The van der Waals surface area contributed by atoms with Crippen LogP contribution in [0.5, 0.6) is 0 Å². The number of benzene rings is 1. The quantitative estimate of drug-likeness (QED) is 0.697. The van der Waals surface area contributed by atoms with Gasteiger partial charge in [0.1, 0.15) is 0 Å². The number of imidazole rings is 1. The summed E-state index contributed by atoms with van der Waals surface area (Å²) in [5, 5.41) is 6.45. The summed E-state index contributed by atoms with van der Waals surface area (Å²) in [5.74, 6) is 0. The van der Waals surface area contributed by atoms with Crippen molar-refractivity contribution < 1.29 is 0 Å². The summed E-state index contributed by atoms with van der Waals surface area (Å²) < 4.78 is 0. The third-order valence-electron chi connectivity index (χ3n) is 2.60. The first kappa shape index (κ1) is 10.1. The van der Waals surface area contributed by atoms with Crippen molar-refractivity contribution in [3.63, 3.8) is 0 Å². The van der Waals surface area contributed by atoms with Gasteiger partial charge in [-0.05, 0) is 31.8 Å². The van der Waals surface area contributed by atoms with Crippen LogP contribution in [0.15, 0.2) is 24.5 Å². The largest absolute Gasteiger partial charge is 0.345 e. The zero-order valence-electron chi connectivity index (χ0n) is 9.04. The Labute approximate surface area is 89.1 Å². The van der Waals surface area contributed by atoms with E-state index in [0.717, 1.165) is 17.6 Å². The summed E-state index contributed by atoms with van der Waals surface area (Å²) in [6.07, 6.45) is 1.72. The molecule has 15 heavy (non-hydrogen) atoms. The number of hydrogen-bond donors (Lipinski definition) is 3. The number of aromatic amines is 1. The fraction of sp³-hybridized carbons (Fsp3) is 0.364. The van der Waals surface area contributed by atoms with Gasteiger partial charge in [0.25, 0.3) is 0 Å². The van der Waals surface area contributed by atoms with E-state index in [2.05, 4.69) is 32.7 Å². The lowest BCUT2D eigenvalue weighted by Crippen LogP contribution is -2.27. The Balaban J connectivity index is 2.33. The molecule has 0 fully saturated rings. The monoisotopic (exact) mass is 204 g/mol. The van der Waals surface area contributed by atoms with Crippen LogP contribution in [-0.4, -0.2) is 30.6 Å². The van der Waals surface area contributed by atoms with E-state index in [0.29, 0.717) is 6.04 Å². The molecule has 0 aliphatic carbocycles. The lowest BCUT2D eigenvalue weighted by Gasteiger charge is -2.15. The van der Waals surface area contributed by atoms with Gasteiger partial charge < -0.3 is 15.6 Å². The minimum atomic E-state index is 0.336. The van der Waals surface area contributed by atoms with E-state index in [1.165, 1.54) is 5.56 Å². The number of rotatable bonds is 4. The second-order valence-corrected chi connectivity index (χ2v) is 3.58. The number of aromatic nitrogens is 2. The molecule has 1 unspecified atom stereocenters. The summed E-state index contributed by atoms with van der Waals surface area (Å²) in [6.45, 7) is 0.913. The number of fused-ring (bicyclic) bond motifs is 1. The molecule has 1 aromatic heterocycles. The molecule has 1 heterocycles. The van der Waals surface area contributed by atoms with Crippen LogP contribution in [0.25, 0.3) is 11.0 Å². The Bertz CT molecular complexity index is 435. The molecule has 0 bridgehead atoms. The maximum atomic E-state index is 4.20. The molecule has 0 saturated carbocycles. The Morgan fingerprint density at radius 1 is 1.40 bits per heavy atom. The van der Waals surface area contributed by atoms with Crippen LogP contribution in [0.1, 0.15) is 11.6 Å². The number of nitrogens with zero attached hydrogens (tertiary/aromatic N) is 1. The van der Waals surface area contributed by atoms with Gasteiger partial charge in [0.2, 0.25) is 0 Å². The average molecular weight is 204 g/mol. The van der Waals surface area contributed by atoms with Crippen molar-refractivity contribution in [2.45, 2.75) is 6.04 Å². The summed E-state index contributed by atoms with van der Waals surface area (Å²) in [6, 6.07) is 6.63. The highest BCUT2D eigenvalue weighted by molar-refractivity contribution is 5.75. The highest BCUT2D eigenvalue weighted by atomic mass is 14.9. The van der Waals surface area contributed by atoms with E-state index in [1.54, 1.807) is 6.33 Å². The second-order valence-electron chi connectivity index (χ2n) is 3.58. The number of hydrogen-bond acceptors (Lipinski definition) is 3. The summed E-state index contributed by atoms with van der Waals surface area (Å²) in [5.41, 5.74) is 3.37. The third kappa shape index (κ3) is 2.00. The van der Waals surface area contributed by atoms with Gasteiger partial charge in [0.15, 0.2) is 0 Å². The normalized spacial score (nSPS) is 13.2. The topological polar surface area (TPSA) is 52.7 Å². The van der Waals surface area contributed by atoms with Gasteiger partial charge in [-0.2, -0.15) is 0 Å². The predicted octanol–water partition coefficient (Wildman–Crippen LogP) is 1.04. The zero-order valence-corrected chi connectivity index (χ0v) is 9.04. The molecule has 1 atom stereocenters. The van der Waals surface area contributed by atoms with Crippen molar-refractivity contribution in [2.75, 3.05) is 20.6 Å².